The van der Waals surface area contributed by atoms with Gasteiger partial charge in [-0.25, -0.2) is 13.1 Å². The van der Waals surface area contributed by atoms with Crippen LogP contribution in [-0.2, 0) is 10.0 Å². The van der Waals surface area contributed by atoms with Gasteiger partial charge in [0.05, 0.1) is 4.90 Å². The normalized spacial score (nSPS) is 12.9. The number of halogens is 2. The summed E-state index contributed by atoms with van der Waals surface area (Å²) in [5.41, 5.74) is 1.64. The van der Waals surface area contributed by atoms with Crippen molar-refractivity contribution in [2.45, 2.75) is 31.7 Å². The fraction of sp³-hybridized carbons (Fsp3) is 0.500. The highest BCUT2D eigenvalue weighted by Gasteiger charge is 2.18. The Morgan fingerprint density at radius 3 is 2.37 bits per heavy atom. The minimum absolute atomic E-state index is 0. The van der Waals surface area contributed by atoms with Crippen LogP contribution in [0.15, 0.2) is 21.5 Å². The molecule has 0 radical (unpaired) electrons. The molecular weight excluding hydrogens is 352 g/mol. The van der Waals surface area contributed by atoms with Crippen molar-refractivity contribution >= 4 is 38.4 Å². The van der Waals surface area contributed by atoms with Gasteiger partial charge < -0.3 is 5.32 Å². The monoisotopic (exact) mass is 370 g/mol. The predicted octanol–water partition coefficient (Wildman–Crippen LogP) is 2.37. The maximum Gasteiger partial charge on any atom is 0.240 e. The molecule has 19 heavy (non-hydrogen) atoms. The number of rotatable bonds is 5. The van der Waals surface area contributed by atoms with Gasteiger partial charge in [-0.2, -0.15) is 0 Å². The summed E-state index contributed by atoms with van der Waals surface area (Å²) in [6.45, 7) is 5.95. The summed E-state index contributed by atoms with van der Waals surface area (Å²) in [4.78, 5) is 0.339. The lowest BCUT2D eigenvalue weighted by Crippen LogP contribution is -2.37. The summed E-state index contributed by atoms with van der Waals surface area (Å²) in [5.74, 6) is 0. The number of hydrogen-bond donors (Lipinski definition) is 2. The van der Waals surface area contributed by atoms with Gasteiger partial charge in [-0.15, -0.1) is 12.4 Å². The van der Waals surface area contributed by atoms with Crippen molar-refractivity contribution in [3.05, 3.63) is 27.7 Å². The van der Waals surface area contributed by atoms with Crippen molar-refractivity contribution < 1.29 is 8.42 Å². The molecule has 0 amide bonds. The smallest absolute Gasteiger partial charge is 0.240 e. The molecule has 1 unspecified atom stereocenters. The first kappa shape index (κ1) is 18.9. The third kappa shape index (κ3) is 5.04. The fourth-order valence-corrected chi connectivity index (χ4v) is 3.36. The molecular formula is C12H20BrClN2O2S. The first-order valence-corrected chi connectivity index (χ1v) is 7.99. The van der Waals surface area contributed by atoms with Gasteiger partial charge in [0.15, 0.2) is 0 Å². The quantitative estimate of drug-likeness (QED) is 0.835. The first-order valence-electron chi connectivity index (χ1n) is 5.71. The van der Waals surface area contributed by atoms with Crippen molar-refractivity contribution in [1.82, 2.24) is 10.0 Å². The Morgan fingerprint density at radius 2 is 1.84 bits per heavy atom. The molecule has 0 fully saturated rings. The summed E-state index contributed by atoms with van der Waals surface area (Å²) >= 11 is 3.40. The van der Waals surface area contributed by atoms with E-state index in [1.54, 1.807) is 20.0 Å². The molecule has 1 atom stereocenters. The molecule has 2 N–H and O–H groups in total. The van der Waals surface area contributed by atoms with E-state index in [0.29, 0.717) is 11.4 Å². The van der Waals surface area contributed by atoms with Gasteiger partial charge in [-0.05, 0) is 51.1 Å². The summed E-state index contributed by atoms with van der Waals surface area (Å²) in [5, 5.41) is 2.99. The third-order valence-electron chi connectivity index (χ3n) is 2.82. The summed E-state index contributed by atoms with van der Waals surface area (Å²) in [6, 6.07) is 3.61. The fourth-order valence-electron chi connectivity index (χ4n) is 1.46. The number of likely N-dealkylation sites (N-methyl/N-ethyl adjacent to an activating group) is 1. The Labute approximate surface area is 130 Å². The number of nitrogens with one attached hydrogen (secondary N) is 2. The van der Waals surface area contributed by atoms with Crippen LogP contribution in [0.3, 0.4) is 0 Å². The van der Waals surface area contributed by atoms with Crippen molar-refractivity contribution in [2.24, 2.45) is 0 Å². The van der Waals surface area contributed by atoms with Crippen LogP contribution in [0.5, 0.6) is 0 Å². The minimum atomic E-state index is -3.45. The zero-order valence-corrected chi connectivity index (χ0v) is 14.7. The van der Waals surface area contributed by atoms with Gasteiger partial charge in [0.1, 0.15) is 0 Å². The van der Waals surface area contributed by atoms with E-state index in [-0.39, 0.29) is 18.4 Å². The molecule has 0 aliphatic heterocycles. The largest absolute Gasteiger partial charge is 0.316 e. The van der Waals surface area contributed by atoms with Crippen molar-refractivity contribution in [3.63, 3.8) is 0 Å². The summed E-state index contributed by atoms with van der Waals surface area (Å²) in [6.07, 6.45) is 0. The van der Waals surface area contributed by atoms with Crippen LogP contribution in [0, 0.1) is 13.8 Å². The number of sulfonamides is 1. The average molecular weight is 372 g/mol. The van der Waals surface area contributed by atoms with Crippen molar-refractivity contribution in [1.29, 1.82) is 0 Å². The Hall–Kier alpha value is -0.140. The van der Waals surface area contributed by atoms with Gasteiger partial charge in [-0.1, -0.05) is 15.9 Å². The second-order valence-corrected chi connectivity index (χ2v) is 7.00. The summed E-state index contributed by atoms with van der Waals surface area (Å²) < 4.78 is 27.9. The van der Waals surface area contributed by atoms with Crippen LogP contribution in [0.1, 0.15) is 18.1 Å². The average Bonchev–Trinajstić information content (AvgIpc) is 2.30. The lowest BCUT2D eigenvalue weighted by molar-refractivity contribution is 0.554. The number of benzene rings is 1. The van der Waals surface area contributed by atoms with E-state index in [9.17, 15) is 8.42 Å². The highest BCUT2D eigenvalue weighted by Crippen LogP contribution is 2.24. The third-order valence-corrected chi connectivity index (χ3v) is 5.24. The van der Waals surface area contributed by atoms with Crippen LogP contribution in [0.25, 0.3) is 0 Å². The van der Waals surface area contributed by atoms with E-state index < -0.39 is 10.0 Å². The highest BCUT2D eigenvalue weighted by atomic mass is 79.9. The number of hydrogen-bond acceptors (Lipinski definition) is 3. The van der Waals surface area contributed by atoms with Crippen LogP contribution < -0.4 is 10.0 Å². The van der Waals surface area contributed by atoms with Crippen LogP contribution in [-0.4, -0.2) is 28.1 Å². The van der Waals surface area contributed by atoms with Gasteiger partial charge in [0, 0.05) is 17.1 Å². The van der Waals surface area contributed by atoms with E-state index in [2.05, 4.69) is 26.0 Å². The van der Waals surface area contributed by atoms with Crippen LogP contribution >= 0.6 is 28.3 Å². The molecule has 0 aliphatic carbocycles. The Morgan fingerprint density at radius 1 is 1.26 bits per heavy atom. The first-order chi connectivity index (χ1) is 8.27. The molecule has 0 spiro atoms. The van der Waals surface area contributed by atoms with E-state index >= 15 is 0 Å². The molecule has 0 saturated carbocycles. The zero-order chi connectivity index (χ0) is 13.9. The molecule has 0 aliphatic rings. The van der Waals surface area contributed by atoms with E-state index in [1.165, 1.54) is 0 Å². The lowest BCUT2D eigenvalue weighted by atomic mass is 10.2. The number of aryl methyl sites for hydroxylation is 2. The minimum Gasteiger partial charge on any atom is -0.316 e. The second-order valence-electron chi connectivity index (χ2n) is 4.41. The molecule has 0 heterocycles. The predicted molar refractivity (Wildman–Crippen MR) is 84.6 cm³/mol. The van der Waals surface area contributed by atoms with Crippen molar-refractivity contribution in [2.75, 3.05) is 13.6 Å². The molecule has 0 aromatic heterocycles. The van der Waals surface area contributed by atoms with Crippen molar-refractivity contribution in [3.8, 4) is 0 Å². The Kier molecular flexibility index (Phi) is 7.54. The lowest BCUT2D eigenvalue weighted by Gasteiger charge is -2.14. The SMILES string of the molecule is CNC(C)CNS(=O)(=O)c1cc(C)c(Br)cc1C.Cl. The van der Waals surface area contributed by atoms with E-state index in [1.807, 2.05) is 19.9 Å². The van der Waals surface area contributed by atoms with Gasteiger partial charge in [0.25, 0.3) is 0 Å². The molecule has 0 saturated heterocycles. The zero-order valence-electron chi connectivity index (χ0n) is 11.5. The standard InChI is InChI=1S/C12H19BrN2O2S.ClH/c1-8-6-12(9(2)5-11(8)13)18(16,17)15-7-10(3)14-4;/h5-6,10,14-15H,7H2,1-4H3;1H. The Bertz CT molecular complexity index is 535. The van der Waals surface area contributed by atoms with E-state index in [4.69, 9.17) is 0 Å². The van der Waals surface area contributed by atoms with Gasteiger partial charge in [0.2, 0.25) is 10.0 Å². The maximum absolute atomic E-state index is 12.2. The van der Waals surface area contributed by atoms with Crippen LogP contribution in [0.2, 0.25) is 0 Å². The molecule has 110 valence electrons. The molecule has 0 bridgehead atoms. The van der Waals surface area contributed by atoms with Gasteiger partial charge >= 0.3 is 0 Å². The topological polar surface area (TPSA) is 58.2 Å². The maximum atomic E-state index is 12.2. The second kappa shape index (κ2) is 7.59. The molecule has 1 rings (SSSR count). The molecule has 7 heteroatoms. The molecule has 4 nitrogen and oxygen atoms in total. The summed E-state index contributed by atoms with van der Waals surface area (Å²) in [7, 11) is -1.65. The molecule has 1 aromatic carbocycles. The Balaban J connectivity index is 0.00000324. The highest BCUT2D eigenvalue weighted by molar-refractivity contribution is 9.10. The van der Waals surface area contributed by atoms with Crippen LogP contribution in [0.4, 0.5) is 0 Å². The van der Waals surface area contributed by atoms with Gasteiger partial charge in [-0.3, -0.25) is 0 Å². The van der Waals surface area contributed by atoms with E-state index in [0.717, 1.165) is 15.6 Å². The molecule has 1 aromatic rings.